The Morgan fingerprint density at radius 3 is 2.31 bits per heavy atom. The second-order valence-corrected chi connectivity index (χ2v) is 3.95. The molecular formula is C13H18O3. The zero-order chi connectivity index (χ0) is 12.1. The summed E-state index contributed by atoms with van der Waals surface area (Å²) in [5.41, 5.74) is 2.85. The minimum Gasteiger partial charge on any atom is -0.494 e. The average Bonchev–Trinajstić information content (AvgIpc) is 2.20. The molecule has 0 heterocycles. The molecule has 0 aliphatic carbocycles. The van der Waals surface area contributed by atoms with Gasteiger partial charge in [-0.2, -0.15) is 0 Å². The molecule has 1 aromatic rings. The largest absolute Gasteiger partial charge is 0.494 e. The van der Waals surface area contributed by atoms with E-state index in [4.69, 9.17) is 9.84 Å². The molecule has 0 saturated carbocycles. The molecule has 0 atom stereocenters. The van der Waals surface area contributed by atoms with Crippen molar-refractivity contribution in [3.63, 3.8) is 0 Å². The molecule has 0 fully saturated rings. The lowest BCUT2D eigenvalue weighted by atomic mass is 10.00. The molecule has 1 rings (SSSR count). The van der Waals surface area contributed by atoms with Crippen LogP contribution in [0.5, 0.6) is 5.75 Å². The number of benzene rings is 1. The van der Waals surface area contributed by atoms with Gasteiger partial charge in [0.1, 0.15) is 5.75 Å². The van der Waals surface area contributed by atoms with Crippen LogP contribution in [-0.4, -0.2) is 17.7 Å². The quantitative estimate of drug-likeness (QED) is 0.833. The second kappa shape index (κ2) is 5.54. The number of rotatable bonds is 5. The Bertz CT molecular complexity index is 360. The molecule has 0 bridgehead atoms. The first kappa shape index (κ1) is 12.6. The van der Waals surface area contributed by atoms with Gasteiger partial charge in [0.15, 0.2) is 0 Å². The maximum atomic E-state index is 10.7. The number of hydrogen-bond acceptors (Lipinski definition) is 2. The van der Waals surface area contributed by atoms with E-state index in [2.05, 4.69) is 6.92 Å². The fourth-order valence-corrected chi connectivity index (χ4v) is 1.69. The summed E-state index contributed by atoms with van der Waals surface area (Å²) in [7, 11) is 0. The summed E-state index contributed by atoms with van der Waals surface area (Å²) >= 11 is 0. The molecule has 3 nitrogen and oxygen atoms in total. The van der Waals surface area contributed by atoms with Crippen molar-refractivity contribution in [2.45, 2.75) is 33.6 Å². The predicted octanol–water partition coefficient (Wildman–Crippen LogP) is 2.72. The molecule has 0 saturated heterocycles. The van der Waals surface area contributed by atoms with Crippen LogP contribution < -0.4 is 4.74 Å². The molecule has 0 radical (unpaired) electrons. The Morgan fingerprint density at radius 2 is 1.88 bits per heavy atom. The molecule has 3 heteroatoms. The van der Waals surface area contributed by atoms with Crippen LogP contribution in [0.15, 0.2) is 12.1 Å². The number of carboxylic acids is 1. The standard InChI is InChI=1S/C13H18O3/c1-4-5-16-11-6-9(2)12(8-13(14)15)10(3)7-11/h6-7H,4-5,8H2,1-3H3,(H,14,15). The van der Waals surface area contributed by atoms with Crippen LogP contribution in [0.2, 0.25) is 0 Å². The lowest BCUT2D eigenvalue weighted by Crippen LogP contribution is -2.05. The maximum absolute atomic E-state index is 10.7. The van der Waals surface area contributed by atoms with Crippen molar-refractivity contribution in [1.82, 2.24) is 0 Å². The Labute approximate surface area is 96.1 Å². The first-order valence-corrected chi connectivity index (χ1v) is 5.49. The van der Waals surface area contributed by atoms with Gasteiger partial charge in [-0.3, -0.25) is 4.79 Å². The molecule has 0 spiro atoms. The molecule has 0 aromatic heterocycles. The summed E-state index contributed by atoms with van der Waals surface area (Å²) in [4.78, 5) is 10.7. The number of hydrogen-bond donors (Lipinski definition) is 1. The van der Waals surface area contributed by atoms with Gasteiger partial charge in [0.2, 0.25) is 0 Å². The highest BCUT2D eigenvalue weighted by atomic mass is 16.5. The molecule has 1 aromatic carbocycles. The lowest BCUT2D eigenvalue weighted by Gasteiger charge is -2.11. The molecule has 16 heavy (non-hydrogen) atoms. The monoisotopic (exact) mass is 222 g/mol. The number of carbonyl (C=O) groups is 1. The zero-order valence-corrected chi connectivity index (χ0v) is 10.0. The number of carboxylic acid groups (broad SMARTS) is 1. The molecule has 1 N–H and O–H groups in total. The summed E-state index contributed by atoms with van der Waals surface area (Å²) < 4.78 is 5.53. The van der Waals surface area contributed by atoms with Crippen molar-refractivity contribution in [2.75, 3.05) is 6.61 Å². The molecular weight excluding hydrogens is 204 g/mol. The van der Waals surface area contributed by atoms with Crippen LogP contribution in [0, 0.1) is 13.8 Å². The Morgan fingerprint density at radius 1 is 1.31 bits per heavy atom. The molecule has 0 unspecified atom stereocenters. The van der Waals surface area contributed by atoms with Crippen LogP contribution in [-0.2, 0) is 11.2 Å². The third-order valence-electron chi connectivity index (χ3n) is 2.47. The van der Waals surface area contributed by atoms with Crippen LogP contribution >= 0.6 is 0 Å². The van der Waals surface area contributed by atoms with Crippen molar-refractivity contribution >= 4 is 5.97 Å². The molecule has 0 aliphatic heterocycles. The van der Waals surface area contributed by atoms with Crippen LogP contribution in [0.3, 0.4) is 0 Å². The van der Waals surface area contributed by atoms with Gasteiger partial charge in [0.05, 0.1) is 13.0 Å². The summed E-state index contributed by atoms with van der Waals surface area (Å²) in [5.74, 6) is 0.0272. The van der Waals surface area contributed by atoms with E-state index in [1.807, 2.05) is 26.0 Å². The summed E-state index contributed by atoms with van der Waals surface area (Å²) in [5, 5.41) is 8.80. The topological polar surface area (TPSA) is 46.5 Å². The van der Waals surface area contributed by atoms with Gasteiger partial charge in [0.25, 0.3) is 0 Å². The number of ether oxygens (including phenoxy) is 1. The molecule has 0 amide bonds. The first-order chi connectivity index (χ1) is 7.54. The van der Waals surface area contributed by atoms with Gasteiger partial charge < -0.3 is 9.84 Å². The Balaban J connectivity index is 2.93. The van der Waals surface area contributed by atoms with Gasteiger partial charge in [-0.05, 0) is 49.1 Å². The molecule has 88 valence electrons. The van der Waals surface area contributed by atoms with E-state index in [9.17, 15) is 4.79 Å². The second-order valence-electron chi connectivity index (χ2n) is 3.95. The van der Waals surface area contributed by atoms with E-state index >= 15 is 0 Å². The van der Waals surface area contributed by atoms with Gasteiger partial charge in [-0.1, -0.05) is 6.92 Å². The number of aryl methyl sites for hydroxylation is 2. The third-order valence-corrected chi connectivity index (χ3v) is 2.47. The highest BCUT2D eigenvalue weighted by Gasteiger charge is 2.09. The predicted molar refractivity (Wildman–Crippen MR) is 63.0 cm³/mol. The van der Waals surface area contributed by atoms with Crippen molar-refractivity contribution in [3.8, 4) is 5.75 Å². The third kappa shape index (κ3) is 3.26. The van der Waals surface area contributed by atoms with Crippen LogP contribution in [0.1, 0.15) is 30.0 Å². The summed E-state index contributed by atoms with van der Waals surface area (Å²) in [6.07, 6.45) is 1.04. The fraction of sp³-hybridized carbons (Fsp3) is 0.462. The normalized spacial score (nSPS) is 10.2. The van der Waals surface area contributed by atoms with E-state index in [-0.39, 0.29) is 6.42 Å². The van der Waals surface area contributed by atoms with Crippen molar-refractivity contribution in [3.05, 3.63) is 28.8 Å². The van der Waals surface area contributed by atoms with E-state index < -0.39 is 5.97 Å². The minimum absolute atomic E-state index is 0.0751. The highest BCUT2D eigenvalue weighted by molar-refractivity contribution is 5.71. The first-order valence-electron chi connectivity index (χ1n) is 5.49. The maximum Gasteiger partial charge on any atom is 0.307 e. The van der Waals surface area contributed by atoms with Crippen molar-refractivity contribution in [2.24, 2.45) is 0 Å². The lowest BCUT2D eigenvalue weighted by molar-refractivity contribution is -0.136. The SMILES string of the molecule is CCCOc1cc(C)c(CC(=O)O)c(C)c1. The van der Waals surface area contributed by atoms with Crippen LogP contribution in [0.25, 0.3) is 0 Å². The highest BCUT2D eigenvalue weighted by Crippen LogP contribution is 2.22. The number of aliphatic carboxylic acids is 1. The summed E-state index contributed by atoms with van der Waals surface area (Å²) in [6, 6.07) is 3.81. The summed E-state index contributed by atoms with van der Waals surface area (Å²) in [6.45, 7) is 6.59. The Kier molecular flexibility index (Phi) is 4.35. The van der Waals surface area contributed by atoms with Crippen molar-refractivity contribution in [1.29, 1.82) is 0 Å². The van der Waals surface area contributed by atoms with E-state index in [1.165, 1.54) is 0 Å². The van der Waals surface area contributed by atoms with Gasteiger partial charge in [-0.15, -0.1) is 0 Å². The van der Waals surface area contributed by atoms with Crippen LogP contribution in [0.4, 0.5) is 0 Å². The fourth-order valence-electron chi connectivity index (χ4n) is 1.69. The van der Waals surface area contributed by atoms with Crippen molar-refractivity contribution < 1.29 is 14.6 Å². The zero-order valence-electron chi connectivity index (χ0n) is 10.0. The minimum atomic E-state index is -0.798. The van der Waals surface area contributed by atoms with E-state index in [0.29, 0.717) is 6.61 Å². The molecule has 0 aliphatic rings. The van der Waals surface area contributed by atoms with Gasteiger partial charge >= 0.3 is 5.97 Å². The Hall–Kier alpha value is -1.51. The van der Waals surface area contributed by atoms with Gasteiger partial charge in [0, 0.05) is 0 Å². The van der Waals surface area contributed by atoms with E-state index in [1.54, 1.807) is 0 Å². The van der Waals surface area contributed by atoms with E-state index in [0.717, 1.165) is 28.9 Å². The average molecular weight is 222 g/mol. The van der Waals surface area contributed by atoms with Gasteiger partial charge in [-0.25, -0.2) is 0 Å². The smallest absolute Gasteiger partial charge is 0.307 e.